The second kappa shape index (κ2) is 20.0. The van der Waals surface area contributed by atoms with Crippen molar-refractivity contribution in [3.8, 4) is 0 Å². The molecule has 1 aliphatic heterocycles. The molecule has 1 fully saturated rings. The Hall–Kier alpha value is -6.10. The van der Waals surface area contributed by atoms with Gasteiger partial charge in [0.1, 0.15) is 29.0 Å². The fraction of sp³-hybridized carbons (Fsp3) is 0.409. The monoisotopic (exact) mass is 852 g/mol. The lowest BCUT2D eigenvalue weighted by atomic mass is 9.88. The number of rotatable bonds is 14. The highest BCUT2D eigenvalue weighted by Gasteiger charge is 2.37. The Kier molecular flexibility index (Phi) is 15.6. The van der Waals surface area contributed by atoms with Crippen LogP contribution in [0.1, 0.15) is 88.0 Å². The average Bonchev–Trinajstić information content (AvgIpc) is 3.64. The van der Waals surface area contributed by atoms with E-state index in [0.717, 1.165) is 17.7 Å². The molecule has 2 heterocycles. The summed E-state index contributed by atoms with van der Waals surface area (Å²) >= 11 is 0. The van der Waals surface area contributed by atoms with Crippen molar-refractivity contribution in [1.82, 2.24) is 25.1 Å². The predicted octanol–water partition coefficient (Wildman–Crippen LogP) is 7.33. The number of likely N-dealkylation sites (tertiary alicyclic amines) is 1. The summed E-state index contributed by atoms with van der Waals surface area (Å²) in [6.07, 6.45) is -2.29. The van der Waals surface area contributed by atoms with E-state index in [1.54, 1.807) is 20.8 Å². The number of halogens is 4. The zero-order valence-electron chi connectivity index (χ0n) is 33.8. The van der Waals surface area contributed by atoms with Crippen LogP contribution in [0, 0.1) is 11.7 Å². The average molecular weight is 853 g/mol. The summed E-state index contributed by atoms with van der Waals surface area (Å²) < 4.78 is 66.4. The molecule has 1 aromatic heterocycles. The van der Waals surface area contributed by atoms with E-state index in [0.29, 0.717) is 18.4 Å². The Morgan fingerprint density at radius 3 is 2.08 bits per heavy atom. The number of ether oxygens (including phenoxy) is 2. The van der Waals surface area contributed by atoms with E-state index in [9.17, 15) is 41.5 Å². The van der Waals surface area contributed by atoms with Gasteiger partial charge in [0.25, 0.3) is 5.91 Å². The maximum atomic E-state index is 14.2. The van der Waals surface area contributed by atoms with Crippen molar-refractivity contribution in [2.75, 3.05) is 25.0 Å². The summed E-state index contributed by atoms with van der Waals surface area (Å²) in [5.74, 6) is -3.13. The highest BCUT2D eigenvalue weighted by Crippen LogP contribution is 2.32. The number of Topliss-reactive ketones (excluding diaryl/α,β-unsaturated/α-hetero) is 1. The Morgan fingerprint density at radius 1 is 0.869 bits per heavy atom. The number of hydrogen-bond acceptors (Lipinski definition) is 8. The number of ketones is 1. The molecule has 3 N–H and O–H groups in total. The van der Waals surface area contributed by atoms with Gasteiger partial charge in [-0.3, -0.25) is 19.2 Å². The Morgan fingerprint density at radius 2 is 1.49 bits per heavy atom. The SMILES string of the molecule is C.CC(C)(C)OC(=O)NC(C)(C)C(=O)NC(COCc1ccccc1)C(=O)Nc1cn(C(C(=O)N2CCC(C(=O)c3ccc(F)cc3)CC2)c2ccc(C(F)(F)F)cc2)cn1. The first-order valence-electron chi connectivity index (χ1n) is 19.2. The number of amides is 4. The van der Waals surface area contributed by atoms with Crippen molar-refractivity contribution < 1.29 is 51.0 Å². The van der Waals surface area contributed by atoms with Crippen molar-refractivity contribution in [3.63, 3.8) is 0 Å². The summed E-state index contributed by atoms with van der Waals surface area (Å²) in [5.41, 5.74) is -1.94. The molecule has 0 spiro atoms. The molecular weight excluding hydrogens is 801 g/mol. The fourth-order valence-electron chi connectivity index (χ4n) is 6.44. The van der Waals surface area contributed by atoms with Gasteiger partial charge in [-0.25, -0.2) is 14.2 Å². The number of imidazole rings is 1. The lowest BCUT2D eigenvalue weighted by molar-refractivity contribution is -0.137. The molecule has 4 amide bonds. The molecule has 3 aromatic carbocycles. The second-order valence-electron chi connectivity index (χ2n) is 16.0. The number of carbonyl (C=O) groups excluding carboxylic acids is 5. The molecule has 0 radical (unpaired) electrons. The predicted molar refractivity (Wildman–Crippen MR) is 219 cm³/mol. The molecular formula is C44H52F4N6O7. The molecule has 2 atom stereocenters. The highest BCUT2D eigenvalue weighted by molar-refractivity contribution is 5.99. The number of nitrogens with zero attached hydrogens (tertiary/aromatic N) is 3. The fourth-order valence-corrected chi connectivity index (χ4v) is 6.44. The van der Waals surface area contributed by atoms with Crippen LogP contribution in [0.2, 0.25) is 0 Å². The molecule has 1 saturated heterocycles. The first-order chi connectivity index (χ1) is 28.2. The van der Waals surface area contributed by atoms with E-state index in [1.807, 2.05) is 30.3 Å². The lowest BCUT2D eigenvalue weighted by Crippen LogP contribution is -2.59. The third-order valence-electron chi connectivity index (χ3n) is 9.64. The summed E-state index contributed by atoms with van der Waals surface area (Å²) in [5, 5.41) is 7.73. The van der Waals surface area contributed by atoms with Crippen molar-refractivity contribution in [3.05, 3.63) is 119 Å². The van der Waals surface area contributed by atoms with E-state index >= 15 is 0 Å². The van der Waals surface area contributed by atoms with Crippen LogP contribution in [0.15, 0.2) is 91.4 Å². The quantitative estimate of drug-likeness (QED) is 0.0879. The zero-order valence-corrected chi connectivity index (χ0v) is 33.8. The van der Waals surface area contributed by atoms with Crippen molar-refractivity contribution >= 4 is 35.4 Å². The number of anilines is 1. The van der Waals surface area contributed by atoms with Gasteiger partial charge in [-0.15, -0.1) is 0 Å². The summed E-state index contributed by atoms with van der Waals surface area (Å²) in [7, 11) is 0. The molecule has 0 aliphatic carbocycles. The smallest absolute Gasteiger partial charge is 0.416 e. The van der Waals surface area contributed by atoms with Gasteiger partial charge < -0.3 is 34.9 Å². The van der Waals surface area contributed by atoms with Crippen molar-refractivity contribution in [2.45, 2.75) is 90.9 Å². The van der Waals surface area contributed by atoms with Crippen LogP contribution in [0.25, 0.3) is 0 Å². The summed E-state index contributed by atoms with van der Waals surface area (Å²) in [6.45, 7) is 7.97. The summed E-state index contributed by atoms with van der Waals surface area (Å²) in [6, 6.07) is 15.9. The maximum Gasteiger partial charge on any atom is 0.416 e. The number of hydrogen-bond donors (Lipinski definition) is 3. The van der Waals surface area contributed by atoms with Crippen molar-refractivity contribution in [2.24, 2.45) is 5.92 Å². The van der Waals surface area contributed by atoms with E-state index in [-0.39, 0.29) is 50.9 Å². The normalized spacial score (nSPS) is 14.5. The van der Waals surface area contributed by atoms with Crippen LogP contribution < -0.4 is 16.0 Å². The third-order valence-corrected chi connectivity index (χ3v) is 9.64. The van der Waals surface area contributed by atoms with Gasteiger partial charge >= 0.3 is 12.3 Å². The number of alkyl halides is 3. The molecule has 4 aromatic rings. The van der Waals surface area contributed by atoms with Crippen LogP contribution >= 0.6 is 0 Å². The number of piperidine rings is 1. The van der Waals surface area contributed by atoms with Gasteiger partial charge in [0, 0.05) is 30.8 Å². The number of carbonyl (C=O) groups is 5. The minimum Gasteiger partial charge on any atom is -0.444 e. The molecule has 17 heteroatoms. The van der Waals surface area contributed by atoms with Gasteiger partial charge in [0.2, 0.25) is 11.8 Å². The van der Waals surface area contributed by atoms with Crippen LogP contribution in [0.5, 0.6) is 0 Å². The van der Waals surface area contributed by atoms with E-state index in [2.05, 4.69) is 20.9 Å². The Bertz CT molecular complexity index is 2130. The molecule has 5 rings (SSSR count). The number of alkyl carbamates (subject to hydrolysis) is 1. The molecule has 13 nitrogen and oxygen atoms in total. The molecule has 2 unspecified atom stereocenters. The van der Waals surface area contributed by atoms with Crippen LogP contribution in [0.4, 0.5) is 28.2 Å². The maximum absolute atomic E-state index is 14.2. The number of aromatic nitrogens is 2. The van der Waals surface area contributed by atoms with Gasteiger partial charge in [-0.2, -0.15) is 13.2 Å². The van der Waals surface area contributed by atoms with Crippen LogP contribution in [-0.4, -0.2) is 80.9 Å². The van der Waals surface area contributed by atoms with Crippen LogP contribution in [-0.2, 0) is 36.6 Å². The molecule has 328 valence electrons. The lowest BCUT2D eigenvalue weighted by Gasteiger charge is -2.34. The summed E-state index contributed by atoms with van der Waals surface area (Å²) in [4.78, 5) is 72.9. The third kappa shape index (κ3) is 13.2. The topological polar surface area (TPSA) is 161 Å². The Labute approximate surface area is 352 Å². The standard InChI is InChI=1S/C43H48F4N6O7.CH4/c1-41(2,3)60-40(58)51-42(4,5)39(57)49-33(25-59-24-27-9-7-6-8-10-27)37(55)50-34-23-53(26-48-34)35(28-11-15-31(16-12-28)43(45,46)47)38(56)52-21-19-30(20-22-52)36(54)29-13-17-32(44)18-14-29;/h6-18,23,26,30,33,35H,19-22,24-25H2,1-5H3,(H,49,57)(H,50,55)(H,51,58);1H4. The van der Waals surface area contributed by atoms with Gasteiger partial charge in [-0.05, 0) is 95.0 Å². The van der Waals surface area contributed by atoms with Gasteiger partial charge in [0.15, 0.2) is 11.6 Å². The Balaban J connectivity index is 0.00000819. The molecule has 1 aliphatic rings. The second-order valence-corrected chi connectivity index (χ2v) is 16.0. The minimum atomic E-state index is -4.62. The molecule has 0 saturated carbocycles. The number of benzene rings is 3. The first-order valence-corrected chi connectivity index (χ1v) is 19.2. The van der Waals surface area contributed by atoms with E-state index in [4.69, 9.17) is 9.47 Å². The zero-order chi connectivity index (χ0) is 43.8. The van der Waals surface area contributed by atoms with Crippen molar-refractivity contribution in [1.29, 1.82) is 0 Å². The largest absolute Gasteiger partial charge is 0.444 e. The minimum absolute atomic E-state index is 0. The van der Waals surface area contributed by atoms with E-state index < -0.39 is 70.5 Å². The molecule has 0 bridgehead atoms. The van der Waals surface area contributed by atoms with Crippen LogP contribution in [0.3, 0.4) is 0 Å². The number of nitrogens with one attached hydrogen (secondary N) is 3. The molecule has 61 heavy (non-hydrogen) atoms. The van der Waals surface area contributed by atoms with E-state index in [1.165, 1.54) is 72.2 Å². The van der Waals surface area contributed by atoms with Gasteiger partial charge in [-0.1, -0.05) is 49.9 Å². The van der Waals surface area contributed by atoms with Gasteiger partial charge in [0.05, 0.1) is 25.1 Å². The first kappa shape index (κ1) is 47.6. The highest BCUT2D eigenvalue weighted by atomic mass is 19.4.